The average Bonchev–Trinajstić information content (AvgIpc) is 2.97. The van der Waals surface area contributed by atoms with Gasteiger partial charge in [-0.3, -0.25) is 15.1 Å². The van der Waals surface area contributed by atoms with Crippen LogP contribution in [0.1, 0.15) is 6.42 Å². The van der Waals surface area contributed by atoms with Gasteiger partial charge in [0.05, 0.1) is 22.2 Å². The highest BCUT2D eigenvalue weighted by Gasteiger charge is 2.14. The fourth-order valence-electron chi connectivity index (χ4n) is 2.34. The fourth-order valence-corrected chi connectivity index (χ4v) is 2.34. The summed E-state index contributed by atoms with van der Waals surface area (Å²) < 4.78 is 0. The van der Waals surface area contributed by atoms with Gasteiger partial charge in [0.15, 0.2) is 0 Å². The summed E-state index contributed by atoms with van der Waals surface area (Å²) in [6.07, 6.45) is 2.79. The summed E-state index contributed by atoms with van der Waals surface area (Å²) >= 11 is 0. The number of fused-ring (bicyclic) bond motifs is 1. The van der Waals surface area contributed by atoms with Gasteiger partial charge in [-0.05, 0) is 31.5 Å². The highest BCUT2D eigenvalue weighted by molar-refractivity contribution is 5.78. The first-order valence-electron chi connectivity index (χ1n) is 6.58. The van der Waals surface area contributed by atoms with E-state index in [0.717, 1.165) is 19.6 Å². The molecule has 1 saturated heterocycles. The van der Waals surface area contributed by atoms with Gasteiger partial charge in [-0.1, -0.05) is 0 Å². The Labute approximate surface area is 115 Å². The van der Waals surface area contributed by atoms with Gasteiger partial charge < -0.3 is 10.6 Å². The number of hydrogen-bond acceptors (Lipinski definition) is 6. The highest BCUT2D eigenvalue weighted by Crippen LogP contribution is 2.19. The molecule has 1 aliphatic heterocycles. The van der Waals surface area contributed by atoms with Crippen molar-refractivity contribution in [3.05, 3.63) is 34.5 Å². The Bertz CT molecular complexity index is 640. The number of benzene rings is 1. The Balaban J connectivity index is 1.76. The first-order chi connectivity index (χ1) is 9.72. The smallest absolute Gasteiger partial charge is 0.271 e. The Morgan fingerprint density at radius 3 is 3.10 bits per heavy atom. The lowest BCUT2D eigenvalue weighted by Gasteiger charge is -2.10. The van der Waals surface area contributed by atoms with Gasteiger partial charge in [-0.2, -0.15) is 0 Å². The maximum atomic E-state index is 10.7. The van der Waals surface area contributed by atoms with Gasteiger partial charge in [-0.15, -0.1) is 0 Å². The topological polar surface area (TPSA) is 93.0 Å². The minimum absolute atomic E-state index is 0.0320. The second-order valence-electron chi connectivity index (χ2n) is 4.93. The average molecular weight is 273 g/mol. The van der Waals surface area contributed by atoms with Crippen molar-refractivity contribution in [1.82, 2.24) is 15.3 Å². The number of rotatable bonds is 4. The third kappa shape index (κ3) is 2.67. The molecule has 20 heavy (non-hydrogen) atoms. The maximum Gasteiger partial charge on any atom is 0.271 e. The quantitative estimate of drug-likeness (QED) is 0.648. The van der Waals surface area contributed by atoms with Crippen LogP contribution in [-0.2, 0) is 0 Å². The molecule has 0 aliphatic carbocycles. The second-order valence-corrected chi connectivity index (χ2v) is 4.93. The highest BCUT2D eigenvalue weighted by atomic mass is 16.6. The largest absolute Gasteiger partial charge is 0.368 e. The molecular formula is C13H15N5O2. The lowest BCUT2D eigenvalue weighted by molar-refractivity contribution is -0.384. The van der Waals surface area contributed by atoms with E-state index in [0.29, 0.717) is 22.8 Å². The van der Waals surface area contributed by atoms with Gasteiger partial charge in [-0.25, -0.2) is 4.98 Å². The minimum atomic E-state index is -0.430. The molecule has 0 bridgehead atoms. The third-order valence-electron chi connectivity index (χ3n) is 3.47. The number of nitrogens with one attached hydrogen (secondary N) is 2. The van der Waals surface area contributed by atoms with Crippen molar-refractivity contribution in [2.75, 3.05) is 25.0 Å². The van der Waals surface area contributed by atoms with E-state index in [1.165, 1.54) is 18.6 Å². The molecule has 0 spiro atoms. The summed E-state index contributed by atoms with van der Waals surface area (Å²) in [5.74, 6) is 1.32. The summed E-state index contributed by atoms with van der Waals surface area (Å²) in [7, 11) is 0. The van der Waals surface area contributed by atoms with Gasteiger partial charge in [0, 0.05) is 18.7 Å². The van der Waals surface area contributed by atoms with Crippen LogP contribution in [0, 0.1) is 16.0 Å². The second kappa shape index (κ2) is 5.38. The molecule has 0 amide bonds. The predicted molar refractivity (Wildman–Crippen MR) is 75.7 cm³/mol. The number of anilines is 1. The van der Waals surface area contributed by atoms with Crippen molar-refractivity contribution in [1.29, 1.82) is 0 Å². The zero-order chi connectivity index (χ0) is 13.9. The normalized spacial score (nSPS) is 18.3. The number of aromatic nitrogens is 2. The number of nitro benzene ring substituents is 1. The van der Waals surface area contributed by atoms with Crippen molar-refractivity contribution in [2.45, 2.75) is 6.42 Å². The summed E-state index contributed by atoms with van der Waals surface area (Å²) in [5.41, 5.74) is 1.22. The lowest BCUT2D eigenvalue weighted by atomic mass is 10.1. The van der Waals surface area contributed by atoms with Gasteiger partial charge in [0.2, 0.25) is 0 Å². The molecule has 0 saturated carbocycles. The molecule has 104 valence electrons. The molecule has 3 rings (SSSR count). The van der Waals surface area contributed by atoms with Crippen molar-refractivity contribution >= 4 is 22.5 Å². The molecule has 1 fully saturated rings. The Hall–Kier alpha value is -2.28. The molecule has 1 aromatic heterocycles. The zero-order valence-electron chi connectivity index (χ0n) is 10.9. The van der Waals surface area contributed by atoms with E-state index in [4.69, 9.17) is 0 Å². The monoisotopic (exact) mass is 273 g/mol. The molecule has 2 aromatic rings. The van der Waals surface area contributed by atoms with Crippen LogP contribution in [0.25, 0.3) is 11.0 Å². The van der Waals surface area contributed by atoms with E-state index in [1.807, 2.05) is 0 Å². The molecule has 1 aliphatic rings. The van der Waals surface area contributed by atoms with Crippen LogP contribution >= 0.6 is 0 Å². The number of nitrogens with zero attached hydrogens (tertiary/aromatic N) is 3. The molecule has 7 nitrogen and oxygen atoms in total. The fraction of sp³-hybridized carbons (Fsp3) is 0.385. The Kier molecular flexibility index (Phi) is 3.42. The summed E-state index contributed by atoms with van der Waals surface area (Å²) in [6, 6.07) is 4.51. The Morgan fingerprint density at radius 1 is 1.45 bits per heavy atom. The molecule has 0 radical (unpaired) electrons. The standard InChI is InChI=1S/C13H15N5O2/c19-18(20)10-1-2-11-12(5-10)15-8-13(17-11)16-7-9-3-4-14-6-9/h1-2,5,8-9,14H,3-4,6-7H2,(H,16,17)/t9-/m1/s1. The van der Waals surface area contributed by atoms with Crippen molar-refractivity contribution in [3.8, 4) is 0 Å². The summed E-state index contributed by atoms with van der Waals surface area (Å²) in [4.78, 5) is 18.9. The Morgan fingerprint density at radius 2 is 2.35 bits per heavy atom. The molecule has 2 heterocycles. The van der Waals surface area contributed by atoms with Gasteiger partial charge in [0.25, 0.3) is 5.69 Å². The van der Waals surface area contributed by atoms with E-state index in [2.05, 4.69) is 20.6 Å². The van der Waals surface area contributed by atoms with E-state index in [1.54, 1.807) is 12.3 Å². The predicted octanol–water partition coefficient (Wildman–Crippen LogP) is 1.56. The van der Waals surface area contributed by atoms with Crippen LogP contribution in [0.3, 0.4) is 0 Å². The van der Waals surface area contributed by atoms with Crippen molar-refractivity contribution in [3.63, 3.8) is 0 Å². The molecule has 1 aromatic carbocycles. The summed E-state index contributed by atoms with van der Waals surface area (Å²) in [6.45, 7) is 2.96. The first-order valence-corrected chi connectivity index (χ1v) is 6.58. The maximum absolute atomic E-state index is 10.7. The number of nitro groups is 1. The van der Waals surface area contributed by atoms with Crippen molar-refractivity contribution < 1.29 is 4.92 Å². The number of hydrogen-bond donors (Lipinski definition) is 2. The molecule has 2 N–H and O–H groups in total. The molecule has 7 heteroatoms. The van der Waals surface area contributed by atoms with Crippen LogP contribution in [0.5, 0.6) is 0 Å². The zero-order valence-corrected chi connectivity index (χ0v) is 10.9. The minimum Gasteiger partial charge on any atom is -0.368 e. The van der Waals surface area contributed by atoms with Gasteiger partial charge >= 0.3 is 0 Å². The SMILES string of the molecule is O=[N+]([O-])c1ccc2nc(NC[C@@H]3CCNC3)cnc2c1. The summed E-state index contributed by atoms with van der Waals surface area (Å²) in [5, 5.41) is 17.3. The van der Waals surface area contributed by atoms with E-state index in [9.17, 15) is 10.1 Å². The van der Waals surface area contributed by atoms with E-state index in [-0.39, 0.29) is 5.69 Å². The van der Waals surface area contributed by atoms with Crippen LogP contribution in [0.15, 0.2) is 24.4 Å². The van der Waals surface area contributed by atoms with Crippen LogP contribution in [0.2, 0.25) is 0 Å². The molecular weight excluding hydrogens is 258 g/mol. The van der Waals surface area contributed by atoms with E-state index >= 15 is 0 Å². The van der Waals surface area contributed by atoms with Gasteiger partial charge in [0.1, 0.15) is 5.82 Å². The van der Waals surface area contributed by atoms with Crippen LogP contribution in [-0.4, -0.2) is 34.5 Å². The first kappa shape index (κ1) is 12.7. The lowest BCUT2D eigenvalue weighted by Crippen LogP contribution is -2.17. The molecule has 0 unspecified atom stereocenters. The van der Waals surface area contributed by atoms with Crippen molar-refractivity contribution in [2.24, 2.45) is 5.92 Å². The number of non-ortho nitro benzene ring substituents is 1. The third-order valence-corrected chi connectivity index (χ3v) is 3.47. The molecule has 1 atom stereocenters. The van der Waals surface area contributed by atoms with Crippen LogP contribution < -0.4 is 10.6 Å². The van der Waals surface area contributed by atoms with Crippen LogP contribution in [0.4, 0.5) is 11.5 Å². The van der Waals surface area contributed by atoms with E-state index < -0.39 is 4.92 Å².